The van der Waals surface area contributed by atoms with E-state index in [-0.39, 0.29) is 18.1 Å². The highest BCUT2D eigenvalue weighted by molar-refractivity contribution is 5.90. The van der Waals surface area contributed by atoms with E-state index < -0.39 is 0 Å². The molecule has 2 aromatic carbocycles. The summed E-state index contributed by atoms with van der Waals surface area (Å²) < 4.78 is 10.5. The molecule has 0 bridgehead atoms. The molecular formula is C25H32N6O3. The minimum absolute atomic E-state index is 0.119. The lowest BCUT2D eigenvalue weighted by molar-refractivity contribution is 0.243. The van der Waals surface area contributed by atoms with Crippen molar-refractivity contribution in [2.75, 3.05) is 43.8 Å². The van der Waals surface area contributed by atoms with Crippen LogP contribution in [0.5, 0.6) is 11.5 Å². The minimum Gasteiger partial charge on any atom is -0.493 e. The molecule has 0 radical (unpaired) electrons. The SMILES string of the molecule is COc1ccc(NC(=O)N[C@H]2CC[C@@H](Nc3nc(N(C)C)c4ccccc4n3)CC2)cc1OC. The number of rotatable bonds is 7. The van der Waals surface area contributed by atoms with E-state index in [2.05, 4.69) is 16.0 Å². The number of hydrogen-bond acceptors (Lipinski definition) is 7. The van der Waals surface area contributed by atoms with Gasteiger partial charge in [-0.3, -0.25) is 0 Å². The number of nitrogens with one attached hydrogen (secondary N) is 3. The summed E-state index contributed by atoms with van der Waals surface area (Å²) in [5.74, 6) is 2.73. The highest BCUT2D eigenvalue weighted by Gasteiger charge is 2.23. The average Bonchev–Trinajstić information content (AvgIpc) is 2.84. The third kappa shape index (κ3) is 5.41. The van der Waals surface area contributed by atoms with Gasteiger partial charge in [0.15, 0.2) is 11.5 Å². The highest BCUT2D eigenvalue weighted by atomic mass is 16.5. The molecule has 3 aromatic rings. The van der Waals surface area contributed by atoms with Crippen molar-refractivity contribution in [2.24, 2.45) is 0 Å². The number of carbonyl (C=O) groups excluding carboxylic acids is 1. The van der Waals surface area contributed by atoms with E-state index in [1.54, 1.807) is 32.4 Å². The van der Waals surface area contributed by atoms with E-state index in [0.717, 1.165) is 42.4 Å². The van der Waals surface area contributed by atoms with Crippen molar-refractivity contribution in [3.8, 4) is 11.5 Å². The Hall–Kier alpha value is -3.75. The van der Waals surface area contributed by atoms with Crippen molar-refractivity contribution in [3.63, 3.8) is 0 Å². The molecule has 0 unspecified atom stereocenters. The number of hydrogen-bond donors (Lipinski definition) is 3. The van der Waals surface area contributed by atoms with Crippen LogP contribution in [0.3, 0.4) is 0 Å². The number of carbonyl (C=O) groups is 1. The maximum atomic E-state index is 12.5. The van der Waals surface area contributed by atoms with Gasteiger partial charge in [-0.1, -0.05) is 12.1 Å². The average molecular weight is 465 g/mol. The lowest BCUT2D eigenvalue weighted by atomic mass is 9.91. The Morgan fingerprint density at radius 3 is 2.35 bits per heavy atom. The monoisotopic (exact) mass is 464 g/mol. The summed E-state index contributed by atoms with van der Waals surface area (Å²) in [7, 11) is 7.12. The second kappa shape index (κ2) is 10.5. The molecular weight excluding hydrogens is 432 g/mol. The zero-order valence-electron chi connectivity index (χ0n) is 20.1. The number of methoxy groups -OCH3 is 2. The summed E-state index contributed by atoms with van der Waals surface area (Å²) in [6.45, 7) is 0. The van der Waals surface area contributed by atoms with Crippen LogP contribution in [0.15, 0.2) is 42.5 Å². The van der Waals surface area contributed by atoms with Crippen LogP contribution in [-0.2, 0) is 0 Å². The van der Waals surface area contributed by atoms with Crippen molar-refractivity contribution in [3.05, 3.63) is 42.5 Å². The van der Waals surface area contributed by atoms with E-state index in [1.807, 2.05) is 43.3 Å². The van der Waals surface area contributed by atoms with E-state index in [9.17, 15) is 4.79 Å². The Morgan fingerprint density at radius 1 is 0.941 bits per heavy atom. The molecule has 34 heavy (non-hydrogen) atoms. The first-order valence-electron chi connectivity index (χ1n) is 11.5. The van der Waals surface area contributed by atoms with Gasteiger partial charge in [0.25, 0.3) is 0 Å². The molecule has 1 aliphatic rings. The number of ether oxygens (including phenoxy) is 2. The molecule has 1 aliphatic carbocycles. The quantitative estimate of drug-likeness (QED) is 0.480. The number of aromatic nitrogens is 2. The van der Waals surface area contributed by atoms with Crippen LogP contribution in [-0.4, -0.2) is 56.4 Å². The van der Waals surface area contributed by atoms with Crippen molar-refractivity contribution in [2.45, 2.75) is 37.8 Å². The molecule has 1 saturated carbocycles. The second-order valence-electron chi connectivity index (χ2n) is 8.64. The number of anilines is 3. The first kappa shape index (κ1) is 23.4. The molecule has 3 N–H and O–H groups in total. The van der Waals surface area contributed by atoms with Gasteiger partial charge in [-0.05, 0) is 49.9 Å². The lowest BCUT2D eigenvalue weighted by Crippen LogP contribution is -2.42. The molecule has 0 saturated heterocycles. The van der Waals surface area contributed by atoms with Crippen LogP contribution in [0.25, 0.3) is 10.9 Å². The topological polar surface area (TPSA) is 101 Å². The summed E-state index contributed by atoms with van der Waals surface area (Å²) in [6.07, 6.45) is 3.61. The number of para-hydroxylation sites is 1. The second-order valence-corrected chi connectivity index (χ2v) is 8.64. The van der Waals surface area contributed by atoms with Gasteiger partial charge in [-0.25, -0.2) is 9.78 Å². The molecule has 180 valence electrons. The third-order valence-electron chi connectivity index (χ3n) is 6.04. The summed E-state index contributed by atoms with van der Waals surface area (Å²) in [5.41, 5.74) is 1.57. The van der Waals surface area contributed by atoms with Gasteiger partial charge >= 0.3 is 6.03 Å². The maximum Gasteiger partial charge on any atom is 0.319 e. The van der Waals surface area contributed by atoms with Gasteiger partial charge in [0, 0.05) is 43.3 Å². The third-order valence-corrected chi connectivity index (χ3v) is 6.04. The van der Waals surface area contributed by atoms with Crippen LogP contribution >= 0.6 is 0 Å². The van der Waals surface area contributed by atoms with E-state index in [0.29, 0.717) is 23.1 Å². The molecule has 1 aromatic heterocycles. The molecule has 4 rings (SSSR count). The molecule has 0 atom stereocenters. The largest absolute Gasteiger partial charge is 0.493 e. The summed E-state index contributed by atoms with van der Waals surface area (Å²) in [6, 6.07) is 13.5. The zero-order valence-corrected chi connectivity index (χ0v) is 20.1. The Bertz CT molecular complexity index is 1140. The van der Waals surface area contributed by atoms with Gasteiger partial charge < -0.3 is 30.3 Å². The molecule has 2 amide bonds. The lowest BCUT2D eigenvalue weighted by Gasteiger charge is -2.30. The number of amides is 2. The van der Waals surface area contributed by atoms with Crippen molar-refractivity contribution in [1.82, 2.24) is 15.3 Å². The van der Waals surface area contributed by atoms with Crippen molar-refractivity contribution < 1.29 is 14.3 Å². The standard InChI is InChI=1S/C25H32N6O3/c1-31(2)23-19-7-5-6-8-20(19)29-24(30-23)26-16-9-11-17(12-10-16)27-25(32)28-18-13-14-21(33-3)22(15-18)34-4/h5-8,13-17H,9-12H2,1-4H3,(H,26,29,30)(H2,27,28,32)/t16-,17+. The van der Waals surface area contributed by atoms with Crippen LogP contribution < -0.4 is 30.3 Å². The summed E-state index contributed by atoms with van der Waals surface area (Å²) in [4.78, 5) is 24.0. The van der Waals surface area contributed by atoms with E-state index in [1.165, 1.54) is 0 Å². The number of fused-ring (bicyclic) bond motifs is 1. The molecule has 9 heteroatoms. The highest BCUT2D eigenvalue weighted by Crippen LogP contribution is 2.30. The smallest absolute Gasteiger partial charge is 0.319 e. The number of nitrogens with zero attached hydrogens (tertiary/aromatic N) is 3. The van der Waals surface area contributed by atoms with Gasteiger partial charge in [-0.2, -0.15) is 4.98 Å². The predicted molar refractivity (Wildman–Crippen MR) is 135 cm³/mol. The Kier molecular flexibility index (Phi) is 7.20. The van der Waals surface area contributed by atoms with Crippen molar-refractivity contribution in [1.29, 1.82) is 0 Å². The minimum atomic E-state index is -0.225. The first-order valence-corrected chi connectivity index (χ1v) is 11.5. The summed E-state index contributed by atoms with van der Waals surface area (Å²) in [5, 5.41) is 10.5. The normalized spacial score (nSPS) is 17.6. The Labute approximate surface area is 199 Å². The fourth-order valence-electron chi connectivity index (χ4n) is 4.30. The molecule has 9 nitrogen and oxygen atoms in total. The van der Waals surface area contributed by atoms with Gasteiger partial charge in [-0.15, -0.1) is 0 Å². The molecule has 1 heterocycles. The van der Waals surface area contributed by atoms with Gasteiger partial charge in [0.2, 0.25) is 5.95 Å². The molecule has 0 aliphatic heterocycles. The number of benzene rings is 2. The molecule has 1 fully saturated rings. The maximum absolute atomic E-state index is 12.5. The zero-order chi connectivity index (χ0) is 24.1. The van der Waals surface area contributed by atoms with Crippen LogP contribution in [0.2, 0.25) is 0 Å². The van der Waals surface area contributed by atoms with E-state index in [4.69, 9.17) is 19.4 Å². The van der Waals surface area contributed by atoms with Crippen LogP contribution in [0.4, 0.5) is 22.2 Å². The number of urea groups is 1. The van der Waals surface area contributed by atoms with Gasteiger partial charge in [0.1, 0.15) is 5.82 Å². The predicted octanol–water partition coefficient (Wildman–Crippen LogP) is 4.26. The van der Waals surface area contributed by atoms with E-state index >= 15 is 0 Å². The summed E-state index contributed by atoms with van der Waals surface area (Å²) >= 11 is 0. The fourth-order valence-corrected chi connectivity index (χ4v) is 4.30. The van der Waals surface area contributed by atoms with Crippen LogP contribution in [0.1, 0.15) is 25.7 Å². The Balaban J connectivity index is 1.31. The van der Waals surface area contributed by atoms with Gasteiger partial charge in [0.05, 0.1) is 19.7 Å². The fraction of sp³-hybridized carbons (Fsp3) is 0.400. The molecule has 0 spiro atoms. The van der Waals surface area contributed by atoms with Crippen molar-refractivity contribution >= 4 is 34.4 Å². The Morgan fingerprint density at radius 2 is 1.65 bits per heavy atom. The van der Waals surface area contributed by atoms with Crippen LogP contribution in [0, 0.1) is 0 Å². The first-order chi connectivity index (χ1) is 16.5.